The van der Waals surface area contributed by atoms with Gasteiger partial charge in [-0.1, -0.05) is 0 Å². The van der Waals surface area contributed by atoms with Crippen LogP contribution in [0.15, 0.2) is 12.0 Å². The molecule has 0 aromatic heterocycles. The Morgan fingerprint density at radius 2 is 2.60 bits per heavy atom. The van der Waals surface area contributed by atoms with Crippen molar-refractivity contribution in [3.05, 3.63) is 12.0 Å². The Labute approximate surface area is 60.8 Å². The van der Waals surface area contributed by atoms with Crippen LogP contribution in [0.25, 0.3) is 0 Å². The van der Waals surface area contributed by atoms with Gasteiger partial charge in [0.1, 0.15) is 6.61 Å². The lowest BCUT2D eigenvalue weighted by atomic mass is 10.2. The molecule has 1 fully saturated rings. The van der Waals surface area contributed by atoms with Gasteiger partial charge in [0.15, 0.2) is 5.88 Å². The van der Waals surface area contributed by atoms with Crippen LogP contribution < -0.4 is 5.73 Å². The maximum absolute atomic E-state index is 5.38. The fraction of sp³-hybridized carbons (Fsp3) is 0.714. The van der Waals surface area contributed by atoms with Crippen molar-refractivity contribution < 1.29 is 9.47 Å². The number of hydrogen-bond donors (Lipinski definition) is 1. The quantitative estimate of drug-likeness (QED) is 0.589. The van der Waals surface area contributed by atoms with Gasteiger partial charge in [-0.25, -0.2) is 0 Å². The molecule has 1 saturated heterocycles. The monoisotopic (exact) mass is 143 g/mol. The Hall–Kier alpha value is -0.700. The van der Waals surface area contributed by atoms with Gasteiger partial charge in [0, 0.05) is 13.0 Å². The molecule has 0 aromatic rings. The lowest BCUT2D eigenvalue weighted by molar-refractivity contribution is -0.0836. The average Bonchev–Trinajstić information content (AvgIpc) is 1.84. The number of ether oxygens (including phenoxy) is 2. The summed E-state index contributed by atoms with van der Waals surface area (Å²) in [7, 11) is 0. The molecule has 0 aromatic carbocycles. The van der Waals surface area contributed by atoms with E-state index in [1.165, 1.54) is 0 Å². The van der Waals surface area contributed by atoms with Crippen LogP contribution in [0.5, 0.6) is 0 Å². The third-order valence-electron chi connectivity index (χ3n) is 1.51. The fourth-order valence-electron chi connectivity index (χ4n) is 0.688. The Balaban J connectivity index is 2.04. The zero-order valence-corrected chi connectivity index (χ0v) is 6.17. The Bertz CT molecular complexity index is 130. The zero-order chi connectivity index (χ0) is 7.40. The van der Waals surface area contributed by atoms with E-state index >= 15 is 0 Å². The second kappa shape index (κ2) is 3.46. The van der Waals surface area contributed by atoms with E-state index in [-0.39, 0.29) is 6.10 Å². The molecule has 0 radical (unpaired) electrons. The van der Waals surface area contributed by atoms with E-state index < -0.39 is 0 Å². The molecular weight excluding hydrogens is 130 g/mol. The Morgan fingerprint density at radius 1 is 1.90 bits per heavy atom. The highest BCUT2D eigenvalue weighted by Crippen LogP contribution is 2.11. The van der Waals surface area contributed by atoms with E-state index in [1.807, 2.05) is 6.92 Å². The van der Waals surface area contributed by atoms with Gasteiger partial charge in [-0.2, -0.15) is 0 Å². The average molecular weight is 143 g/mol. The molecule has 0 saturated carbocycles. The first-order valence-corrected chi connectivity index (χ1v) is 3.49. The highest BCUT2D eigenvalue weighted by Gasteiger charge is 2.18. The smallest absolute Gasteiger partial charge is 0.179 e. The maximum Gasteiger partial charge on any atom is 0.179 e. The van der Waals surface area contributed by atoms with Gasteiger partial charge in [0.2, 0.25) is 0 Å². The SMILES string of the molecule is C/C=C(\N)OCC1CCO1. The second-order valence-corrected chi connectivity index (χ2v) is 2.28. The summed E-state index contributed by atoms with van der Waals surface area (Å²) >= 11 is 0. The van der Waals surface area contributed by atoms with Crippen molar-refractivity contribution in [1.29, 1.82) is 0 Å². The third kappa shape index (κ3) is 1.92. The standard InChI is InChI=1S/C7H13NO2/c1-2-7(8)10-5-6-3-4-9-6/h2,6H,3-5,8H2,1H3/b7-2+. The molecule has 0 bridgehead atoms. The summed E-state index contributed by atoms with van der Waals surface area (Å²) in [6.45, 7) is 3.30. The molecule has 1 atom stereocenters. The van der Waals surface area contributed by atoms with Crippen LogP contribution in [0.1, 0.15) is 13.3 Å². The van der Waals surface area contributed by atoms with Crippen LogP contribution in [0.3, 0.4) is 0 Å². The maximum atomic E-state index is 5.38. The van der Waals surface area contributed by atoms with Crippen molar-refractivity contribution in [2.24, 2.45) is 5.73 Å². The summed E-state index contributed by atoms with van der Waals surface area (Å²) in [5.41, 5.74) is 5.38. The third-order valence-corrected chi connectivity index (χ3v) is 1.51. The summed E-state index contributed by atoms with van der Waals surface area (Å²) in [4.78, 5) is 0. The number of hydrogen-bond acceptors (Lipinski definition) is 3. The highest BCUT2D eigenvalue weighted by molar-refractivity contribution is 4.83. The normalized spacial score (nSPS) is 25.7. The number of nitrogens with two attached hydrogens (primary N) is 1. The molecule has 1 unspecified atom stereocenters. The van der Waals surface area contributed by atoms with Gasteiger partial charge < -0.3 is 15.2 Å². The zero-order valence-electron chi connectivity index (χ0n) is 6.17. The minimum absolute atomic E-state index is 0.276. The van der Waals surface area contributed by atoms with Gasteiger partial charge in [-0.15, -0.1) is 0 Å². The van der Waals surface area contributed by atoms with E-state index in [4.69, 9.17) is 15.2 Å². The molecule has 3 nitrogen and oxygen atoms in total. The summed E-state index contributed by atoms with van der Waals surface area (Å²) < 4.78 is 10.2. The molecule has 1 aliphatic rings. The van der Waals surface area contributed by atoms with Gasteiger partial charge in [0.05, 0.1) is 6.10 Å². The van der Waals surface area contributed by atoms with Crippen molar-refractivity contribution >= 4 is 0 Å². The van der Waals surface area contributed by atoms with Crippen molar-refractivity contribution in [2.75, 3.05) is 13.2 Å². The van der Waals surface area contributed by atoms with Crippen LogP contribution in [-0.2, 0) is 9.47 Å². The molecule has 0 aliphatic carbocycles. The second-order valence-electron chi connectivity index (χ2n) is 2.28. The van der Waals surface area contributed by atoms with Gasteiger partial charge in [-0.05, 0) is 13.0 Å². The number of allylic oxidation sites excluding steroid dienone is 1. The highest BCUT2D eigenvalue weighted by atomic mass is 16.6. The first kappa shape index (κ1) is 7.41. The number of rotatable bonds is 3. The summed E-state index contributed by atoms with van der Waals surface area (Å²) in [5, 5.41) is 0. The van der Waals surface area contributed by atoms with E-state index in [0.29, 0.717) is 12.5 Å². The summed E-state index contributed by atoms with van der Waals surface area (Å²) in [6, 6.07) is 0. The van der Waals surface area contributed by atoms with Gasteiger partial charge in [0.25, 0.3) is 0 Å². The van der Waals surface area contributed by atoms with Crippen LogP contribution in [0, 0.1) is 0 Å². The van der Waals surface area contributed by atoms with Crippen LogP contribution in [0.4, 0.5) is 0 Å². The first-order chi connectivity index (χ1) is 4.83. The molecular formula is C7H13NO2. The molecule has 10 heavy (non-hydrogen) atoms. The minimum atomic E-state index is 0.276. The van der Waals surface area contributed by atoms with E-state index in [2.05, 4.69) is 0 Å². The molecule has 0 amide bonds. The summed E-state index contributed by atoms with van der Waals surface area (Å²) in [6.07, 6.45) is 3.11. The molecule has 1 aliphatic heterocycles. The molecule has 58 valence electrons. The van der Waals surface area contributed by atoms with E-state index in [9.17, 15) is 0 Å². The molecule has 0 spiro atoms. The summed E-state index contributed by atoms with van der Waals surface area (Å²) in [5.74, 6) is 0.482. The Kier molecular flexibility index (Phi) is 2.57. The van der Waals surface area contributed by atoms with E-state index in [1.54, 1.807) is 6.08 Å². The lowest BCUT2D eigenvalue weighted by Gasteiger charge is -2.25. The minimum Gasteiger partial charge on any atom is -0.477 e. The molecule has 3 heteroatoms. The van der Waals surface area contributed by atoms with Crippen LogP contribution in [-0.4, -0.2) is 19.3 Å². The van der Waals surface area contributed by atoms with Gasteiger partial charge >= 0.3 is 0 Å². The van der Waals surface area contributed by atoms with Crippen molar-refractivity contribution in [3.63, 3.8) is 0 Å². The largest absolute Gasteiger partial charge is 0.477 e. The predicted molar refractivity (Wildman–Crippen MR) is 38.3 cm³/mol. The first-order valence-electron chi connectivity index (χ1n) is 3.49. The van der Waals surface area contributed by atoms with Gasteiger partial charge in [-0.3, -0.25) is 0 Å². The van der Waals surface area contributed by atoms with Crippen LogP contribution >= 0.6 is 0 Å². The van der Waals surface area contributed by atoms with Crippen LogP contribution in [0.2, 0.25) is 0 Å². The van der Waals surface area contributed by atoms with Crippen molar-refractivity contribution in [2.45, 2.75) is 19.4 Å². The fourth-order valence-corrected chi connectivity index (χ4v) is 0.688. The van der Waals surface area contributed by atoms with Crippen molar-refractivity contribution in [3.8, 4) is 0 Å². The van der Waals surface area contributed by atoms with E-state index in [0.717, 1.165) is 13.0 Å². The predicted octanol–water partition coefficient (Wildman–Crippen LogP) is 0.612. The lowest BCUT2D eigenvalue weighted by Crippen LogP contribution is -2.31. The molecule has 1 heterocycles. The Morgan fingerprint density at radius 3 is 3.00 bits per heavy atom. The van der Waals surface area contributed by atoms with Crippen molar-refractivity contribution in [1.82, 2.24) is 0 Å². The molecule has 2 N–H and O–H groups in total. The molecule has 1 rings (SSSR count). The topological polar surface area (TPSA) is 44.5 Å².